The standard InChI is InChI=1S/C21H22Cl3N5O2/c1-25-19(30)12-29-11-15(14-3-2-13(22)8-18(14)29)21(31)28-6-4-27(5-7-28)20-16(23)9-26-10-17(20)24/h2-3,8-10,15H,4-7,11-12H2,1H3,(H,25,30). The summed E-state index contributed by atoms with van der Waals surface area (Å²) in [7, 11) is 1.60. The van der Waals surface area contributed by atoms with E-state index < -0.39 is 0 Å². The first-order valence-electron chi connectivity index (χ1n) is 9.96. The van der Waals surface area contributed by atoms with Crippen LogP contribution in [0.3, 0.4) is 0 Å². The Morgan fingerprint density at radius 1 is 1.10 bits per heavy atom. The molecule has 0 saturated carbocycles. The van der Waals surface area contributed by atoms with Gasteiger partial charge in [-0.3, -0.25) is 14.6 Å². The molecule has 10 heteroatoms. The first-order chi connectivity index (χ1) is 14.9. The zero-order chi connectivity index (χ0) is 22.1. The van der Waals surface area contributed by atoms with E-state index in [-0.39, 0.29) is 24.3 Å². The van der Waals surface area contributed by atoms with E-state index in [2.05, 4.69) is 15.2 Å². The number of rotatable bonds is 4. The van der Waals surface area contributed by atoms with E-state index >= 15 is 0 Å². The number of nitrogens with zero attached hydrogens (tertiary/aromatic N) is 4. The highest BCUT2D eigenvalue weighted by atomic mass is 35.5. The van der Waals surface area contributed by atoms with E-state index in [1.807, 2.05) is 21.9 Å². The van der Waals surface area contributed by atoms with Gasteiger partial charge in [0, 0.05) is 62.9 Å². The third kappa shape index (κ3) is 4.40. The number of piperazine rings is 1. The Kier molecular flexibility index (Phi) is 6.46. The van der Waals surface area contributed by atoms with Gasteiger partial charge in [0.2, 0.25) is 11.8 Å². The normalized spacial score (nSPS) is 18.2. The lowest BCUT2D eigenvalue weighted by atomic mass is 9.99. The van der Waals surface area contributed by atoms with Gasteiger partial charge in [-0.25, -0.2) is 0 Å². The molecule has 1 unspecified atom stereocenters. The molecule has 3 heterocycles. The number of carbonyl (C=O) groups excluding carboxylic acids is 2. The van der Waals surface area contributed by atoms with E-state index in [1.54, 1.807) is 25.5 Å². The molecule has 1 aromatic heterocycles. The van der Waals surface area contributed by atoms with Crippen LogP contribution >= 0.6 is 34.8 Å². The molecule has 2 amide bonds. The summed E-state index contributed by atoms with van der Waals surface area (Å²) in [5.74, 6) is -0.398. The molecule has 1 atom stereocenters. The molecule has 1 aromatic carbocycles. The maximum atomic E-state index is 13.4. The quantitative estimate of drug-likeness (QED) is 0.725. The van der Waals surface area contributed by atoms with Gasteiger partial charge >= 0.3 is 0 Å². The minimum atomic E-state index is -0.337. The van der Waals surface area contributed by atoms with Crippen molar-refractivity contribution in [3.05, 3.63) is 51.2 Å². The highest BCUT2D eigenvalue weighted by Gasteiger charge is 2.37. The zero-order valence-electron chi connectivity index (χ0n) is 16.9. The van der Waals surface area contributed by atoms with Crippen LogP contribution in [0.4, 0.5) is 11.4 Å². The first-order valence-corrected chi connectivity index (χ1v) is 11.1. The second-order valence-corrected chi connectivity index (χ2v) is 8.82. The maximum Gasteiger partial charge on any atom is 0.239 e. The van der Waals surface area contributed by atoms with Crippen molar-refractivity contribution in [2.75, 3.05) is 56.1 Å². The third-order valence-electron chi connectivity index (χ3n) is 5.76. The van der Waals surface area contributed by atoms with Gasteiger partial charge in [0.15, 0.2) is 0 Å². The molecule has 2 aliphatic rings. The number of aromatic nitrogens is 1. The van der Waals surface area contributed by atoms with E-state index in [0.29, 0.717) is 47.8 Å². The molecule has 164 valence electrons. The first kappa shape index (κ1) is 22.0. The summed E-state index contributed by atoms with van der Waals surface area (Å²) in [6.07, 6.45) is 3.14. The van der Waals surface area contributed by atoms with Crippen molar-refractivity contribution in [2.24, 2.45) is 0 Å². The summed E-state index contributed by atoms with van der Waals surface area (Å²) in [5, 5.41) is 4.21. The van der Waals surface area contributed by atoms with Gasteiger partial charge in [0.1, 0.15) is 0 Å². The number of amides is 2. The maximum absolute atomic E-state index is 13.4. The van der Waals surface area contributed by atoms with E-state index in [1.165, 1.54) is 0 Å². The minimum Gasteiger partial charge on any atom is -0.365 e. The lowest BCUT2D eigenvalue weighted by Crippen LogP contribution is -2.50. The number of pyridine rings is 1. The molecule has 7 nitrogen and oxygen atoms in total. The highest BCUT2D eigenvalue weighted by molar-refractivity contribution is 6.38. The van der Waals surface area contributed by atoms with Crippen LogP contribution in [-0.2, 0) is 9.59 Å². The molecule has 1 fully saturated rings. The Morgan fingerprint density at radius 2 is 1.77 bits per heavy atom. The Morgan fingerprint density at radius 3 is 2.42 bits per heavy atom. The summed E-state index contributed by atoms with van der Waals surface area (Å²) in [4.78, 5) is 35.2. The number of fused-ring (bicyclic) bond motifs is 1. The Hall–Kier alpha value is -2.22. The monoisotopic (exact) mass is 481 g/mol. The fourth-order valence-electron chi connectivity index (χ4n) is 4.19. The van der Waals surface area contributed by atoms with Crippen molar-refractivity contribution < 1.29 is 9.59 Å². The van der Waals surface area contributed by atoms with Gasteiger partial charge in [-0.1, -0.05) is 40.9 Å². The third-order valence-corrected chi connectivity index (χ3v) is 6.55. The molecule has 1 saturated heterocycles. The molecular weight excluding hydrogens is 461 g/mol. The topological polar surface area (TPSA) is 68.8 Å². The molecule has 1 N–H and O–H groups in total. The lowest BCUT2D eigenvalue weighted by molar-refractivity contribution is -0.132. The number of hydrogen-bond donors (Lipinski definition) is 1. The molecule has 31 heavy (non-hydrogen) atoms. The smallest absolute Gasteiger partial charge is 0.239 e. The molecule has 0 radical (unpaired) electrons. The number of hydrogen-bond acceptors (Lipinski definition) is 5. The predicted octanol–water partition coefficient (Wildman–Crippen LogP) is 3.04. The molecule has 0 bridgehead atoms. The molecule has 0 aliphatic carbocycles. The lowest BCUT2D eigenvalue weighted by Gasteiger charge is -2.37. The van der Waals surface area contributed by atoms with Crippen LogP contribution in [-0.4, -0.2) is 68.0 Å². The van der Waals surface area contributed by atoms with Gasteiger partial charge < -0.3 is 20.0 Å². The average molecular weight is 483 g/mol. The van der Waals surface area contributed by atoms with Crippen molar-refractivity contribution in [3.8, 4) is 0 Å². The molecule has 2 aromatic rings. The van der Waals surface area contributed by atoms with Gasteiger partial charge in [-0.15, -0.1) is 0 Å². The van der Waals surface area contributed by atoms with Crippen molar-refractivity contribution >= 4 is 58.0 Å². The molecule has 4 rings (SSSR count). The summed E-state index contributed by atoms with van der Waals surface area (Å²) in [6.45, 7) is 2.99. The summed E-state index contributed by atoms with van der Waals surface area (Å²) >= 11 is 18.8. The second kappa shape index (κ2) is 9.10. The van der Waals surface area contributed by atoms with Crippen LogP contribution in [0.15, 0.2) is 30.6 Å². The Labute approximate surface area is 195 Å². The van der Waals surface area contributed by atoms with E-state index in [4.69, 9.17) is 34.8 Å². The molecular formula is C21H22Cl3N5O2. The van der Waals surface area contributed by atoms with Gasteiger partial charge in [0.25, 0.3) is 0 Å². The van der Waals surface area contributed by atoms with Gasteiger partial charge in [-0.05, 0) is 17.7 Å². The zero-order valence-corrected chi connectivity index (χ0v) is 19.2. The van der Waals surface area contributed by atoms with E-state index in [0.717, 1.165) is 16.9 Å². The number of halogens is 3. The van der Waals surface area contributed by atoms with Crippen LogP contribution in [0.25, 0.3) is 0 Å². The van der Waals surface area contributed by atoms with Crippen LogP contribution in [0.5, 0.6) is 0 Å². The molecule has 2 aliphatic heterocycles. The largest absolute Gasteiger partial charge is 0.365 e. The minimum absolute atomic E-state index is 0.0505. The van der Waals surface area contributed by atoms with Crippen molar-refractivity contribution in [1.29, 1.82) is 0 Å². The van der Waals surface area contributed by atoms with Crippen molar-refractivity contribution in [3.63, 3.8) is 0 Å². The number of carbonyl (C=O) groups is 2. The van der Waals surface area contributed by atoms with Crippen LogP contribution in [0, 0.1) is 0 Å². The Bertz CT molecular complexity index is 990. The average Bonchev–Trinajstić information content (AvgIpc) is 3.11. The summed E-state index contributed by atoms with van der Waals surface area (Å²) in [6, 6.07) is 5.49. The fourth-order valence-corrected chi connectivity index (χ4v) is 4.96. The van der Waals surface area contributed by atoms with Crippen molar-refractivity contribution in [2.45, 2.75) is 5.92 Å². The van der Waals surface area contributed by atoms with E-state index in [9.17, 15) is 9.59 Å². The summed E-state index contributed by atoms with van der Waals surface area (Å²) in [5.41, 5.74) is 2.49. The summed E-state index contributed by atoms with van der Waals surface area (Å²) < 4.78 is 0. The van der Waals surface area contributed by atoms with Crippen LogP contribution < -0.4 is 15.1 Å². The fraction of sp³-hybridized carbons (Fsp3) is 0.381. The second-order valence-electron chi connectivity index (χ2n) is 7.57. The number of anilines is 2. The molecule has 0 spiro atoms. The van der Waals surface area contributed by atoms with Gasteiger partial charge in [-0.2, -0.15) is 0 Å². The van der Waals surface area contributed by atoms with Crippen molar-refractivity contribution in [1.82, 2.24) is 15.2 Å². The predicted molar refractivity (Wildman–Crippen MR) is 124 cm³/mol. The Balaban J connectivity index is 1.48. The number of nitrogens with one attached hydrogen (secondary N) is 1. The van der Waals surface area contributed by atoms with Crippen LogP contribution in [0.1, 0.15) is 11.5 Å². The van der Waals surface area contributed by atoms with Gasteiger partial charge in [0.05, 0.1) is 28.2 Å². The van der Waals surface area contributed by atoms with Crippen LogP contribution in [0.2, 0.25) is 15.1 Å². The SMILES string of the molecule is CNC(=O)CN1CC(C(=O)N2CCN(c3c(Cl)cncc3Cl)CC2)c2ccc(Cl)cc21. The highest BCUT2D eigenvalue weighted by Crippen LogP contribution is 2.39. The number of benzene rings is 1. The number of likely N-dealkylation sites (N-methyl/N-ethyl adjacent to an activating group) is 1.